The third-order valence-corrected chi connectivity index (χ3v) is 1.92. The van der Waals surface area contributed by atoms with Crippen molar-refractivity contribution in [2.24, 2.45) is 0 Å². The lowest BCUT2D eigenvalue weighted by molar-refractivity contribution is 0.109. The third kappa shape index (κ3) is 6.04. The number of methoxy groups -OCH3 is 1. The van der Waals surface area contributed by atoms with Gasteiger partial charge in [0.15, 0.2) is 24.1 Å². The second-order valence-electron chi connectivity index (χ2n) is 2.80. The van der Waals surface area contributed by atoms with Crippen LogP contribution in [0.1, 0.15) is 55.3 Å². The highest BCUT2D eigenvalue weighted by Crippen LogP contribution is 2.29. The number of aldehydes is 2. The summed E-state index contributed by atoms with van der Waals surface area (Å²) in [5.74, 6) is 0.914. The Balaban J connectivity index is 0. The van der Waals surface area contributed by atoms with Crippen molar-refractivity contribution in [2.75, 3.05) is 13.7 Å². The first-order chi connectivity index (χ1) is 9.26. The number of rotatable bonds is 5. The first-order valence-electron chi connectivity index (χ1n) is 6.52. The summed E-state index contributed by atoms with van der Waals surface area (Å²) in [7, 11) is 1.48. The molecular weight excluding hydrogens is 244 g/mol. The number of hydrogen-bond donors (Lipinski definition) is 0. The van der Waals surface area contributed by atoms with Crippen LogP contribution in [0.15, 0.2) is 12.1 Å². The van der Waals surface area contributed by atoms with Crippen molar-refractivity contribution in [3.63, 3.8) is 0 Å². The average molecular weight is 268 g/mol. The molecule has 0 radical (unpaired) electrons. The first kappa shape index (κ1) is 19.5. The number of ether oxygens (including phenoxy) is 2. The quantitative estimate of drug-likeness (QED) is 0.763. The minimum atomic E-state index is 0.297. The maximum Gasteiger partial charge on any atom is 0.161 e. The summed E-state index contributed by atoms with van der Waals surface area (Å²) in [6.07, 6.45) is 1.23. The zero-order valence-electron chi connectivity index (χ0n) is 12.6. The van der Waals surface area contributed by atoms with Gasteiger partial charge in [-0.3, -0.25) is 9.59 Å². The van der Waals surface area contributed by atoms with Gasteiger partial charge in [0, 0.05) is 11.1 Å². The molecule has 0 saturated carbocycles. The molecular formula is C15H24O4. The molecule has 4 heteroatoms. The van der Waals surface area contributed by atoms with Crippen molar-refractivity contribution in [3.8, 4) is 11.5 Å². The van der Waals surface area contributed by atoms with E-state index in [4.69, 9.17) is 9.47 Å². The van der Waals surface area contributed by atoms with E-state index in [2.05, 4.69) is 0 Å². The third-order valence-electron chi connectivity index (χ3n) is 1.92. The van der Waals surface area contributed by atoms with Crippen LogP contribution in [0.3, 0.4) is 0 Å². The van der Waals surface area contributed by atoms with Gasteiger partial charge >= 0.3 is 0 Å². The van der Waals surface area contributed by atoms with Gasteiger partial charge < -0.3 is 9.47 Å². The van der Waals surface area contributed by atoms with Crippen molar-refractivity contribution in [3.05, 3.63) is 23.3 Å². The zero-order chi connectivity index (χ0) is 15.3. The lowest BCUT2D eigenvalue weighted by atomic mass is 10.1. The summed E-state index contributed by atoms with van der Waals surface area (Å²) in [6, 6.07) is 2.99. The normalized spacial score (nSPS) is 8.11. The zero-order valence-corrected chi connectivity index (χ0v) is 12.6. The van der Waals surface area contributed by atoms with Crippen LogP contribution in [-0.4, -0.2) is 26.3 Å². The van der Waals surface area contributed by atoms with Gasteiger partial charge in [0.05, 0.1) is 13.7 Å². The van der Waals surface area contributed by atoms with Crippen molar-refractivity contribution in [1.29, 1.82) is 0 Å². The van der Waals surface area contributed by atoms with E-state index in [-0.39, 0.29) is 0 Å². The van der Waals surface area contributed by atoms with Crippen LogP contribution in [0.25, 0.3) is 0 Å². The molecule has 0 fully saturated rings. The minimum Gasteiger partial charge on any atom is -0.493 e. The molecule has 1 aromatic rings. The maximum atomic E-state index is 10.7. The highest BCUT2D eigenvalue weighted by molar-refractivity contribution is 5.91. The molecule has 19 heavy (non-hydrogen) atoms. The van der Waals surface area contributed by atoms with Gasteiger partial charge in [0.25, 0.3) is 0 Å². The molecule has 4 nitrogen and oxygen atoms in total. The predicted octanol–water partition coefficient (Wildman–Crippen LogP) is 3.77. The Morgan fingerprint density at radius 1 is 0.947 bits per heavy atom. The molecule has 0 heterocycles. The molecule has 108 valence electrons. The number of carbonyl (C=O) groups excluding carboxylic acids is 2. The van der Waals surface area contributed by atoms with Crippen molar-refractivity contribution in [1.82, 2.24) is 0 Å². The van der Waals surface area contributed by atoms with Crippen LogP contribution in [-0.2, 0) is 0 Å². The highest BCUT2D eigenvalue weighted by atomic mass is 16.5. The topological polar surface area (TPSA) is 52.6 Å². The van der Waals surface area contributed by atoms with Gasteiger partial charge in [-0.1, -0.05) is 27.7 Å². The fraction of sp³-hybridized carbons (Fsp3) is 0.467. The SMILES string of the molecule is CC.CC.CCOc1cc(C=O)c(C=O)cc1OC. The Labute approximate surface area is 115 Å². The molecule has 0 aromatic heterocycles. The Morgan fingerprint density at radius 2 is 1.37 bits per heavy atom. The van der Waals surface area contributed by atoms with Gasteiger partial charge in [-0.25, -0.2) is 0 Å². The van der Waals surface area contributed by atoms with Crippen molar-refractivity contribution >= 4 is 12.6 Å². The molecule has 0 unspecified atom stereocenters. The second-order valence-corrected chi connectivity index (χ2v) is 2.80. The Morgan fingerprint density at radius 3 is 1.68 bits per heavy atom. The maximum absolute atomic E-state index is 10.7. The smallest absolute Gasteiger partial charge is 0.161 e. The van der Waals surface area contributed by atoms with E-state index >= 15 is 0 Å². The monoisotopic (exact) mass is 268 g/mol. The molecule has 1 rings (SSSR count). The van der Waals surface area contributed by atoms with Gasteiger partial charge in [0.2, 0.25) is 0 Å². The lowest BCUT2D eigenvalue weighted by Crippen LogP contribution is -1.99. The van der Waals surface area contributed by atoms with Gasteiger partial charge in [-0.05, 0) is 19.1 Å². The lowest BCUT2D eigenvalue weighted by Gasteiger charge is -2.10. The summed E-state index contributed by atoms with van der Waals surface area (Å²) in [4.78, 5) is 21.4. The molecule has 1 aromatic carbocycles. The van der Waals surface area contributed by atoms with E-state index in [0.29, 0.717) is 41.8 Å². The Bertz CT molecular complexity index is 373. The van der Waals surface area contributed by atoms with Crippen LogP contribution in [0.2, 0.25) is 0 Å². The molecule has 0 spiro atoms. The fourth-order valence-electron chi connectivity index (χ4n) is 1.22. The predicted molar refractivity (Wildman–Crippen MR) is 77.6 cm³/mol. The average Bonchev–Trinajstić information content (AvgIpc) is 2.51. The Hall–Kier alpha value is -1.84. The van der Waals surface area contributed by atoms with E-state index in [9.17, 15) is 9.59 Å². The van der Waals surface area contributed by atoms with Gasteiger partial charge in [0.1, 0.15) is 0 Å². The molecule has 0 amide bonds. The van der Waals surface area contributed by atoms with Crippen LogP contribution >= 0.6 is 0 Å². The summed E-state index contributed by atoms with van der Waals surface area (Å²) in [5, 5.41) is 0. The molecule has 0 aliphatic rings. The van der Waals surface area contributed by atoms with E-state index in [0.717, 1.165) is 0 Å². The van der Waals surface area contributed by atoms with E-state index in [1.54, 1.807) is 0 Å². The van der Waals surface area contributed by atoms with Crippen molar-refractivity contribution in [2.45, 2.75) is 34.6 Å². The first-order valence-corrected chi connectivity index (χ1v) is 6.52. The van der Waals surface area contributed by atoms with E-state index in [1.165, 1.54) is 19.2 Å². The standard InChI is InChI=1S/C11H12O4.2C2H6/c1-3-15-11-5-9(7-13)8(6-12)4-10(11)14-2;2*1-2/h4-7H,3H2,1-2H3;2*1-2H3. The number of benzene rings is 1. The van der Waals surface area contributed by atoms with Crippen molar-refractivity contribution < 1.29 is 19.1 Å². The van der Waals surface area contributed by atoms with Gasteiger partial charge in [-0.15, -0.1) is 0 Å². The van der Waals surface area contributed by atoms with Gasteiger partial charge in [-0.2, -0.15) is 0 Å². The molecule has 0 aliphatic heterocycles. The summed E-state index contributed by atoms with van der Waals surface area (Å²) in [5.41, 5.74) is 0.597. The molecule has 0 bridgehead atoms. The number of carbonyl (C=O) groups is 2. The van der Waals surface area contributed by atoms with Crippen LogP contribution < -0.4 is 9.47 Å². The molecule has 0 saturated heterocycles. The Kier molecular flexibility index (Phi) is 12.9. The summed E-state index contributed by atoms with van der Waals surface area (Å²) in [6.45, 7) is 10.3. The minimum absolute atomic E-state index is 0.297. The molecule has 0 aliphatic carbocycles. The van der Waals surface area contributed by atoms with E-state index < -0.39 is 0 Å². The van der Waals surface area contributed by atoms with E-state index in [1.807, 2.05) is 34.6 Å². The summed E-state index contributed by atoms with van der Waals surface area (Å²) < 4.78 is 10.3. The molecule has 0 N–H and O–H groups in total. The largest absolute Gasteiger partial charge is 0.493 e. The fourth-order valence-corrected chi connectivity index (χ4v) is 1.22. The van der Waals surface area contributed by atoms with Crippen LogP contribution in [0.4, 0.5) is 0 Å². The van der Waals surface area contributed by atoms with Crippen LogP contribution in [0, 0.1) is 0 Å². The summed E-state index contributed by atoms with van der Waals surface area (Å²) >= 11 is 0. The molecule has 0 atom stereocenters. The van der Waals surface area contributed by atoms with Crippen LogP contribution in [0.5, 0.6) is 11.5 Å². The number of hydrogen-bond acceptors (Lipinski definition) is 4. The second kappa shape index (κ2) is 12.6. The highest BCUT2D eigenvalue weighted by Gasteiger charge is 2.10.